The smallest absolute Gasteiger partial charge is 0.508 e. The van der Waals surface area contributed by atoms with Gasteiger partial charge in [-0.15, -0.1) is 0 Å². The van der Waals surface area contributed by atoms with Crippen LogP contribution in [-0.4, -0.2) is 31.3 Å². The molecule has 0 aromatic heterocycles. The van der Waals surface area contributed by atoms with Crippen LogP contribution in [0.1, 0.15) is 53.5 Å². The molecule has 0 bridgehead atoms. The number of phenolic OH excluding ortho intramolecular Hbond substituents is 1. The highest BCUT2D eigenvalue weighted by molar-refractivity contribution is 9.10. The van der Waals surface area contributed by atoms with Gasteiger partial charge in [0.1, 0.15) is 5.75 Å². The first-order valence-corrected chi connectivity index (χ1v) is 15.2. The molecule has 208 valence electrons. The highest BCUT2D eigenvalue weighted by atomic mass is 79.9. The van der Waals surface area contributed by atoms with Crippen molar-refractivity contribution < 1.29 is 32.8 Å². The van der Waals surface area contributed by atoms with E-state index < -0.39 is 8.80 Å². The second kappa shape index (κ2) is 14.6. The molecular weight excluding hydrogens is 580 g/mol. The van der Waals surface area contributed by atoms with Crippen molar-refractivity contribution >= 4 is 42.1 Å². The van der Waals surface area contributed by atoms with E-state index in [1.807, 2.05) is 30.3 Å². The first kappa shape index (κ1) is 31.8. The third-order valence-electron chi connectivity index (χ3n) is 5.34. The summed E-state index contributed by atoms with van der Waals surface area (Å²) in [5.41, 5.74) is 2.90. The molecule has 0 saturated carbocycles. The van der Waals surface area contributed by atoms with Gasteiger partial charge in [0.25, 0.3) is 0 Å². The van der Waals surface area contributed by atoms with Gasteiger partial charge in [-0.1, -0.05) is 34.1 Å². The SMILES string of the molecule is CC(=O)C=C(C)O[Si](CCCc1cc(O)ccc1-c1ccc(Br)cc1)(OC(C)=CC(C)=O)OC(C)=CC(C)=O. The molecule has 2 rings (SSSR count). The van der Waals surface area contributed by atoms with Crippen molar-refractivity contribution in [3.63, 3.8) is 0 Å². The van der Waals surface area contributed by atoms with E-state index in [9.17, 15) is 19.5 Å². The summed E-state index contributed by atoms with van der Waals surface area (Å²) in [6.07, 6.45) is 5.08. The number of rotatable bonds is 14. The average Bonchev–Trinajstić information content (AvgIpc) is 2.78. The molecule has 0 heterocycles. The van der Waals surface area contributed by atoms with E-state index in [-0.39, 0.29) is 29.1 Å². The summed E-state index contributed by atoms with van der Waals surface area (Å²) in [4.78, 5) is 35.2. The van der Waals surface area contributed by atoms with Gasteiger partial charge in [-0.05, 0) is 95.3 Å². The predicted molar refractivity (Wildman–Crippen MR) is 157 cm³/mol. The Morgan fingerprint density at radius 2 is 1.23 bits per heavy atom. The molecule has 0 unspecified atom stereocenters. The third-order valence-corrected chi connectivity index (χ3v) is 8.74. The van der Waals surface area contributed by atoms with Crippen molar-refractivity contribution in [1.29, 1.82) is 0 Å². The van der Waals surface area contributed by atoms with Gasteiger partial charge in [0, 0.05) is 22.7 Å². The van der Waals surface area contributed by atoms with E-state index in [1.165, 1.54) is 39.0 Å². The molecule has 9 heteroatoms. The molecule has 2 aromatic carbocycles. The highest BCUT2D eigenvalue weighted by Gasteiger charge is 2.49. The molecule has 0 aliphatic heterocycles. The Bertz CT molecular complexity index is 1210. The van der Waals surface area contributed by atoms with Crippen LogP contribution < -0.4 is 0 Å². The third kappa shape index (κ3) is 11.1. The lowest BCUT2D eigenvalue weighted by molar-refractivity contribution is -0.113. The normalized spacial score (nSPS) is 13.9. The van der Waals surface area contributed by atoms with E-state index in [1.54, 1.807) is 32.9 Å². The van der Waals surface area contributed by atoms with E-state index >= 15 is 0 Å². The van der Waals surface area contributed by atoms with Gasteiger partial charge in [0.05, 0.1) is 23.3 Å². The van der Waals surface area contributed by atoms with Crippen LogP contribution in [0.5, 0.6) is 5.75 Å². The van der Waals surface area contributed by atoms with Crippen LogP contribution in [0.15, 0.2) is 82.4 Å². The number of carbonyl (C=O) groups is 3. The number of ketones is 3. The fourth-order valence-corrected chi connectivity index (χ4v) is 7.05. The van der Waals surface area contributed by atoms with Gasteiger partial charge in [-0.3, -0.25) is 14.4 Å². The molecular formula is C30H35BrO7Si. The molecule has 0 atom stereocenters. The zero-order valence-electron chi connectivity index (χ0n) is 23.2. The van der Waals surface area contributed by atoms with Crippen molar-refractivity contribution in [2.24, 2.45) is 0 Å². The van der Waals surface area contributed by atoms with Crippen molar-refractivity contribution in [3.8, 4) is 16.9 Å². The number of allylic oxidation sites excluding steroid dienone is 6. The number of halogens is 1. The summed E-state index contributed by atoms with van der Waals surface area (Å²) in [6.45, 7) is 9.11. The molecule has 2 aromatic rings. The van der Waals surface area contributed by atoms with Crippen LogP contribution in [0.2, 0.25) is 6.04 Å². The molecule has 0 spiro atoms. The highest BCUT2D eigenvalue weighted by Crippen LogP contribution is 2.32. The number of phenols is 1. The van der Waals surface area contributed by atoms with Crippen LogP contribution in [0, 0.1) is 0 Å². The second-order valence-corrected chi connectivity index (χ2v) is 12.7. The fourth-order valence-electron chi connectivity index (χ4n) is 4.09. The predicted octanol–water partition coefficient (Wildman–Crippen LogP) is 7.22. The van der Waals surface area contributed by atoms with E-state index in [0.29, 0.717) is 30.1 Å². The maximum Gasteiger partial charge on any atom is 0.698 e. The average molecular weight is 616 g/mol. The molecule has 0 radical (unpaired) electrons. The van der Waals surface area contributed by atoms with Gasteiger partial charge >= 0.3 is 8.80 Å². The molecule has 0 amide bonds. The number of aromatic hydroxyl groups is 1. The van der Waals surface area contributed by atoms with Crippen LogP contribution in [0.3, 0.4) is 0 Å². The van der Waals surface area contributed by atoms with Crippen LogP contribution in [0.4, 0.5) is 0 Å². The van der Waals surface area contributed by atoms with Gasteiger partial charge in [0.2, 0.25) is 0 Å². The number of benzene rings is 2. The summed E-state index contributed by atoms with van der Waals surface area (Å²) in [6, 6.07) is 13.4. The molecule has 7 nitrogen and oxygen atoms in total. The first-order valence-electron chi connectivity index (χ1n) is 12.5. The minimum absolute atomic E-state index is 0.152. The van der Waals surface area contributed by atoms with Crippen LogP contribution in [0.25, 0.3) is 11.1 Å². The summed E-state index contributed by atoms with van der Waals surface area (Å²) in [5.74, 6) is 0.428. The van der Waals surface area contributed by atoms with Gasteiger partial charge < -0.3 is 18.4 Å². The standard InChI is InChI=1S/C30H35BrO7Si/c1-20(32)16-23(4)36-39(37-24(5)17-21(2)33,38-25(6)18-22(3)34)15-7-8-27-19-29(35)13-14-30(27)26-9-11-28(31)12-10-26/h9-14,16-19,35H,7-8,15H2,1-6H3. The van der Waals surface area contributed by atoms with Crippen molar-refractivity contribution in [2.45, 2.75) is 60.4 Å². The van der Waals surface area contributed by atoms with Crippen molar-refractivity contribution in [3.05, 3.63) is 88.0 Å². The first-order chi connectivity index (χ1) is 18.3. The van der Waals surface area contributed by atoms with E-state index in [0.717, 1.165) is 21.2 Å². The Morgan fingerprint density at radius 1 is 0.769 bits per heavy atom. The Labute approximate surface area is 239 Å². The number of hydrogen-bond donors (Lipinski definition) is 1. The molecule has 0 saturated heterocycles. The minimum Gasteiger partial charge on any atom is -0.508 e. The number of aryl methyl sites for hydroxylation is 1. The monoisotopic (exact) mass is 614 g/mol. The second-order valence-electron chi connectivity index (χ2n) is 9.29. The lowest BCUT2D eigenvalue weighted by Crippen LogP contribution is -2.44. The lowest BCUT2D eigenvalue weighted by atomic mass is 9.96. The lowest BCUT2D eigenvalue weighted by Gasteiger charge is -2.31. The largest absolute Gasteiger partial charge is 0.698 e. The summed E-state index contributed by atoms with van der Waals surface area (Å²) in [7, 11) is -3.69. The van der Waals surface area contributed by atoms with Gasteiger partial charge in [0.15, 0.2) is 17.3 Å². The quantitative estimate of drug-likeness (QED) is 0.136. The Balaban J connectivity index is 2.47. The molecule has 39 heavy (non-hydrogen) atoms. The molecule has 1 N–H and O–H groups in total. The Morgan fingerprint density at radius 3 is 1.67 bits per heavy atom. The van der Waals surface area contributed by atoms with E-state index in [4.69, 9.17) is 13.3 Å². The Hall–Kier alpha value is -3.43. The zero-order valence-corrected chi connectivity index (χ0v) is 25.8. The summed E-state index contributed by atoms with van der Waals surface area (Å²) in [5, 5.41) is 10.2. The maximum absolute atomic E-state index is 11.7. The number of hydrogen-bond acceptors (Lipinski definition) is 7. The minimum atomic E-state index is -3.69. The van der Waals surface area contributed by atoms with Crippen LogP contribution in [-0.2, 0) is 34.1 Å². The van der Waals surface area contributed by atoms with Crippen molar-refractivity contribution in [2.75, 3.05) is 0 Å². The summed E-state index contributed by atoms with van der Waals surface area (Å²) < 4.78 is 19.6. The van der Waals surface area contributed by atoms with E-state index in [2.05, 4.69) is 15.9 Å². The zero-order chi connectivity index (χ0) is 29.2. The topological polar surface area (TPSA) is 99.1 Å². The fraction of sp³-hybridized carbons (Fsp3) is 0.300. The van der Waals surface area contributed by atoms with Gasteiger partial charge in [-0.2, -0.15) is 0 Å². The van der Waals surface area contributed by atoms with Gasteiger partial charge in [-0.25, -0.2) is 0 Å². The Kier molecular flexibility index (Phi) is 11.9. The maximum atomic E-state index is 11.7. The van der Waals surface area contributed by atoms with Crippen molar-refractivity contribution in [1.82, 2.24) is 0 Å². The molecule has 0 aliphatic carbocycles. The molecule has 0 fully saturated rings. The number of carbonyl (C=O) groups excluding carboxylic acids is 3. The summed E-state index contributed by atoms with van der Waals surface area (Å²) >= 11 is 3.46. The molecule has 0 aliphatic rings. The van der Waals surface area contributed by atoms with Crippen LogP contribution >= 0.6 is 15.9 Å².